The molecule has 0 bridgehead atoms. The average Bonchev–Trinajstić information content (AvgIpc) is 2.98. The minimum atomic E-state index is -0.792. The van der Waals surface area contributed by atoms with Gasteiger partial charge < -0.3 is 15.4 Å². The van der Waals surface area contributed by atoms with E-state index >= 15 is 0 Å². The summed E-state index contributed by atoms with van der Waals surface area (Å²) < 4.78 is 4.76. The summed E-state index contributed by atoms with van der Waals surface area (Å²) in [6.07, 6.45) is 1.99. The second-order valence-electron chi connectivity index (χ2n) is 4.70. The van der Waals surface area contributed by atoms with Crippen molar-refractivity contribution in [2.45, 2.75) is 12.8 Å². The molecule has 1 heterocycles. The van der Waals surface area contributed by atoms with Crippen molar-refractivity contribution in [1.82, 2.24) is 0 Å². The van der Waals surface area contributed by atoms with Crippen LogP contribution in [0.4, 0.5) is 11.4 Å². The highest BCUT2D eigenvalue weighted by molar-refractivity contribution is 5.97. The number of rotatable bonds is 5. The van der Waals surface area contributed by atoms with Gasteiger partial charge in [0.2, 0.25) is 0 Å². The number of anilines is 1. The van der Waals surface area contributed by atoms with Crippen LogP contribution < -0.4 is 10.6 Å². The van der Waals surface area contributed by atoms with Crippen molar-refractivity contribution < 1.29 is 19.2 Å². The number of nitro benzene ring substituents is 1. The van der Waals surface area contributed by atoms with Gasteiger partial charge in [0.15, 0.2) is 6.61 Å². The molecule has 2 rings (SSSR count). The quantitative estimate of drug-likeness (QED) is 0.488. The Morgan fingerprint density at radius 3 is 2.57 bits per heavy atom. The third kappa shape index (κ3) is 3.47. The molecule has 8 heteroatoms. The van der Waals surface area contributed by atoms with Crippen molar-refractivity contribution in [2.24, 2.45) is 5.73 Å². The summed E-state index contributed by atoms with van der Waals surface area (Å²) in [7, 11) is 0. The Bertz CT molecular complexity index is 581. The van der Waals surface area contributed by atoms with Gasteiger partial charge in [-0.15, -0.1) is 0 Å². The molecule has 0 atom stereocenters. The Hall–Kier alpha value is -2.64. The largest absolute Gasteiger partial charge is 0.452 e. The maximum Gasteiger partial charge on any atom is 0.341 e. The van der Waals surface area contributed by atoms with Crippen LogP contribution in [-0.2, 0) is 9.53 Å². The number of carbonyl (C=O) groups excluding carboxylic acids is 2. The van der Waals surface area contributed by atoms with Crippen LogP contribution in [-0.4, -0.2) is 36.5 Å². The van der Waals surface area contributed by atoms with E-state index in [0.29, 0.717) is 5.69 Å². The van der Waals surface area contributed by atoms with Gasteiger partial charge in [0.1, 0.15) is 0 Å². The molecule has 0 aliphatic carbocycles. The van der Waals surface area contributed by atoms with Crippen molar-refractivity contribution in [3.8, 4) is 0 Å². The fourth-order valence-electron chi connectivity index (χ4n) is 2.25. The Balaban J connectivity index is 2.33. The van der Waals surface area contributed by atoms with E-state index in [1.807, 2.05) is 4.90 Å². The minimum Gasteiger partial charge on any atom is -0.452 e. The first kappa shape index (κ1) is 14.8. The highest BCUT2D eigenvalue weighted by Crippen LogP contribution is 2.28. The lowest BCUT2D eigenvalue weighted by atomic mass is 10.1. The number of amides is 1. The zero-order valence-electron chi connectivity index (χ0n) is 11.3. The van der Waals surface area contributed by atoms with E-state index in [9.17, 15) is 19.7 Å². The molecule has 1 fully saturated rings. The molecule has 8 nitrogen and oxygen atoms in total. The Morgan fingerprint density at radius 1 is 1.33 bits per heavy atom. The molecule has 1 amide bonds. The SMILES string of the molecule is NC(=O)COC(=O)c1cc([N+](=O)[O-])ccc1N1CCCC1. The summed E-state index contributed by atoms with van der Waals surface area (Å²) in [6, 6.07) is 4.04. The summed E-state index contributed by atoms with van der Waals surface area (Å²) in [4.78, 5) is 34.9. The zero-order valence-corrected chi connectivity index (χ0v) is 11.3. The molecule has 0 aromatic heterocycles. The van der Waals surface area contributed by atoms with Gasteiger partial charge in [-0.3, -0.25) is 14.9 Å². The second kappa shape index (κ2) is 6.21. The first-order chi connectivity index (χ1) is 9.99. The van der Waals surface area contributed by atoms with Gasteiger partial charge >= 0.3 is 5.97 Å². The molecule has 1 aromatic rings. The maximum absolute atomic E-state index is 12.0. The van der Waals surface area contributed by atoms with Gasteiger partial charge in [0.25, 0.3) is 11.6 Å². The summed E-state index contributed by atoms with van der Waals surface area (Å²) in [6.45, 7) is 0.989. The summed E-state index contributed by atoms with van der Waals surface area (Å²) in [5.41, 5.74) is 5.37. The predicted molar refractivity (Wildman–Crippen MR) is 74.0 cm³/mol. The van der Waals surface area contributed by atoms with Gasteiger partial charge in [-0.2, -0.15) is 0 Å². The van der Waals surface area contributed by atoms with Crippen LogP contribution in [0.5, 0.6) is 0 Å². The van der Waals surface area contributed by atoms with E-state index in [4.69, 9.17) is 10.5 Å². The summed E-state index contributed by atoms with van der Waals surface area (Å²) >= 11 is 0. The summed E-state index contributed by atoms with van der Waals surface area (Å²) in [5.74, 6) is -1.57. The zero-order chi connectivity index (χ0) is 15.4. The Morgan fingerprint density at radius 2 is 2.00 bits per heavy atom. The molecule has 1 aliphatic heterocycles. The van der Waals surface area contributed by atoms with E-state index < -0.39 is 23.4 Å². The molecule has 0 radical (unpaired) electrons. The number of nitro groups is 1. The van der Waals surface area contributed by atoms with Gasteiger partial charge in [-0.25, -0.2) is 4.79 Å². The van der Waals surface area contributed by atoms with Crippen LogP contribution in [0.2, 0.25) is 0 Å². The number of primary amides is 1. The molecular formula is C13H15N3O5. The maximum atomic E-state index is 12.0. The Kier molecular flexibility index (Phi) is 4.36. The topological polar surface area (TPSA) is 116 Å². The van der Waals surface area contributed by atoms with Crippen molar-refractivity contribution in [1.29, 1.82) is 0 Å². The number of hydrogen-bond donors (Lipinski definition) is 1. The third-order valence-electron chi connectivity index (χ3n) is 3.20. The highest BCUT2D eigenvalue weighted by atomic mass is 16.6. The predicted octanol–water partition coefficient (Wildman–Crippen LogP) is 0.837. The van der Waals surface area contributed by atoms with E-state index in [1.165, 1.54) is 12.1 Å². The lowest BCUT2D eigenvalue weighted by Crippen LogP contribution is -2.24. The molecule has 2 N–H and O–H groups in total. The first-order valence-corrected chi connectivity index (χ1v) is 6.48. The van der Waals surface area contributed by atoms with Crippen LogP contribution in [0.3, 0.4) is 0 Å². The van der Waals surface area contributed by atoms with E-state index in [-0.39, 0.29) is 11.3 Å². The van der Waals surface area contributed by atoms with Crippen LogP contribution in [0, 0.1) is 10.1 Å². The van der Waals surface area contributed by atoms with Crippen molar-refractivity contribution in [2.75, 3.05) is 24.6 Å². The van der Waals surface area contributed by atoms with E-state index in [1.54, 1.807) is 0 Å². The van der Waals surface area contributed by atoms with Crippen LogP contribution in [0.15, 0.2) is 18.2 Å². The van der Waals surface area contributed by atoms with Crippen LogP contribution in [0.1, 0.15) is 23.2 Å². The van der Waals surface area contributed by atoms with Crippen molar-refractivity contribution >= 4 is 23.3 Å². The molecule has 1 aromatic carbocycles. The van der Waals surface area contributed by atoms with Crippen LogP contribution >= 0.6 is 0 Å². The molecule has 0 saturated carbocycles. The monoisotopic (exact) mass is 293 g/mol. The molecule has 1 saturated heterocycles. The number of ether oxygens (including phenoxy) is 1. The fourth-order valence-corrected chi connectivity index (χ4v) is 2.25. The third-order valence-corrected chi connectivity index (χ3v) is 3.20. The average molecular weight is 293 g/mol. The van der Waals surface area contributed by atoms with Crippen LogP contribution in [0.25, 0.3) is 0 Å². The number of carbonyl (C=O) groups is 2. The highest BCUT2D eigenvalue weighted by Gasteiger charge is 2.23. The number of nitrogens with zero attached hydrogens (tertiary/aromatic N) is 2. The molecular weight excluding hydrogens is 278 g/mol. The lowest BCUT2D eigenvalue weighted by molar-refractivity contribution is -0.384. The number of benzene rings is 1. The summed E-state index contributed by atoms with van der Waals surface area (Å²) in [5, 5.41) is 10.8. The van der Waals surface area contributed by atoms with Gasteiger partial charge in [-0.1, -0.05) is 0 Å². The number of nitrogens with two attached hydrogens (primary N) is 1. The minimum absolute atomic E-state index is 0.0763. The smallest absolute Gasteiger partial charge is 0.341 e. The molecule has 0 spiro atoms. The van der Waals surface area contributed by atoms with E-state index in [0.717, 1.165) is 32.0 Å². The normalized spacial score (nSPS) is 14.0. The van der Waals surface area contributed by atoms with Crippen molar-refractivity contribution in [3.63, 3.8) is 0 Å². The fraction of sp³-hybridized carbons (Fsp3) is 0.385. The number of esters is 1. The van der Waals surface area contributed by atoms with Gasteiger partial charge in [0.05, 0.1) is 16.2 Å². The van der Waals surface area contributed by atoms with Gasteiger partial charge in [0, 0.05) is 25.2 Å². The van der Waals surface area contributed by atoms with Gasteiger partial charge in [-0.05, 0) is 18.9 Å². The lowest BCUT2D eigenvalue weighted by Gasteiger charge is -2.20. The standard InChI is InChI=1S/C13H15N3O5/c14-12(17)8-21-13(18)10-7-9(16(19)20)3-4-11(10)15-5-1-2-6-15/h3-4,7H,1-2,5-6,8H2,(H2,14,17). The van der Waals surface area contributed by atoms with E-state index in [2.05, 4.69) is 0 Å². The number of non-ortho nitro benzene ring substituents is 1. The second-order valence-corrected chi connectivity index (χ2v) is 4.70. The molecule has 21 heavy (non-hydrogen) atoms. The molecule has 0 unspecified atom stereocenters. The Labute approximate surface area is 120 Å². The first-order valence-electron chi connectivity index (χ1n) is 6.48. The number of hydrogen-bond acceptors (Lipinski definition) is 6. The van der Waals surface area contributed by atoms with Crippen molar-refractivity contribution in [3.05, 3.63) is 33.9 Å². The molecule has 112 valence electrons. The molecule has 1 aliphatic rings.